The van der Waals surface area contributed by atoms with Crippen LogP contribution in [-0.4, -0.2) is 12.8 Å². The lowest BCUT2D eigenvalue weighted by atomic mass is 9.77. The molecule has 2 heteroatoms. The second-order valence-electron chi connectivity index (χ2n) is 6.66. The number of carbonyl (C=O) groups excluding carboxylic acids is 1. The molecule has 120 valence electrons. The molecule has 1 unspecified atom stereocenters. The molecule has 0 saturated carbocycles. The summed E-state index contributed by atoms with van der Waals surface area (Å²) in [6, 6.07) is 21.6. The molecule has 0 bridgehead atoms. The third-order valence-corrected chi connectivity index (χ3v) is 5.22. The molecule has 0 aromatic heterocycles. The summed E-state index contributed by atoms with van der Waals surface area (Å²) < 4.78 is 0. The number of Topliss-reactive ketones (excluding diaryl/α,β-unsaturated/α-hetero) is 1. The van der Waals surface area contributed by atoms with Crippen LogP contribution in [0.5, 0.6) is 0 Å². The molecular weight excluding hydrogens is 282 g/mol. The van der Waals surface area contributed by atoms with Crippen molar-refractivity contribution < 1.29 is 9.69 Å². The summed E-state index contributed by atoms with van der Waals surface area (Å²) in [5.41, 5.74) is 2.56. The molecule has 0 amide bonds. The first-order valence-corrected chi connectivity index (χ1v) is 8.68. The molecule has 3 rings (SSSR count). The molecule has 2 aromatic carbocycles. The van der Waals surface area contributed by atoms with E-state index in [2.05, 4.69) is 62.5 Å². The molecule has 0 radical (unpaired) electrons. The van der Waals surface area contributed by atoms with Crippen LogP contribution in [0.2, 0.25) is 0 Å². The monoisotopic (exact) mass is 308 g/mol. The zero-order chi connectivity index (χ0) is 16.2. The molecule has 0 spiro atoms. The lowest BCUT2D eigenvalue weighted by Crippen LogP contribution is -3.11. The van der Waals surface area contributed by atoms with E-state index < -0.39 is 0 Å². The quantitative estimate of drug-likeness (QED) is 0.919. The van der Waals surface area contributed by atoms with Gasteiger partial charge >= 0.3 is 0 Å². The van der Waals surface area contributed by atoms with Gasteiger partial charge in [-0.1, -0.05) is 74.0 Å². The summed E-state index contributed by atoms with van der Waals surface area (Å²) in [5, 5.41) is 0. The molecule has 4 atom stereocenters. The molecular formula is C21H26NO+. The van der Waals surface area contributed by atoms with E-state index in [4.69, 9.17) is 0 Å². The summed E-state index contributed by atoms with van der Waals surface area (Å²) in [6.45, 7) is 2.17. The van der Waals surface area contributed by atoms with E-state index >= 15 is 0 Å². The van der Waals surface area contributed by atoms with Crippen LogP contribution in [-0.2, 0) is 4.79 Å². The van der Waals surface area contributed by atoms with Crippen molar-refractivity contribution in [1.29, 1.82) is 0 Å². The fraction of sp³-hybridized carbons (Fsp3) is 0.381. The normalized spacial score (nSPS) is 27.8. The molecule has 1 heterocycles. The summed E-state index contributed by atoms with van der Waals surface area (Å²) in [5.74, 6) is 0.572. The molecule has 1 aliphatic rings. The smallest absolute Gasteiger partial charge is 0.148 e. The van der Waals surface area contributed by atoms with E-state index in [1.54, 1.807) is 0 Å². The first-order valence-electron chi connectivity index (χ1n) is 8.68. The highest BCUT2D eigenvalue weighted by molar-refractivity contribution is 5.83. The molecule has 23 heavy (non-hydrogen) atoms. The van der Waals surface area contributed by atoms with Crippen LogP contribution in [0, 0.1) is 5.92 Å². The number of hydrogen-bond donors (Lipinski definition) is 1. The lowest BCUT2D eigenvalue weighted by Gasteiger charge is -2.41. The van der Waals surface area contributed by atoms with Gasteiger partial charge in [-0.15, -0.1) is 0 Å². The van der Waals surface area contributed by atoms with Crippen molar-refractivity contribution >= 4 is 5.78 Å². The number of likely N-dealkylation sites (tertiary alicyclic amines) is 1. The Kier molecular flexibility index (Phi) is 4.92. The fourth-order valence-corrected chi connectivity index (χ4v) is 4.09. The number of quaternary nitrogens is 1. The highest BCUT2D eigenvalue weighted by Gasteiger charge is 2.44. The zero-order valence-electron chi connectivity index (χ0n) is 14.0. The van der Waals surface area contributed by atoms with Gasteiger partial charge < -0.3 is 4.90 Å². The van der Waals surface area contributed by atoms with E-state index in [-0.39, 0.29) is 18.0 Å². The third kappa shape index (κ3) is 3.23. The molecule has 2 nitrogen and oxygen atoms in total. The van der Waals surface area contributed by atoms with Gasteiger partial charge in [0, 0.05) is 11.1 Å². The first kappa shape index (κ1) is 15.9. The molecule has 1 N–H and O–H groups in total. The van der Waals surface area contributed by atoms with E-state index in [1.165, 1.54) is 16.0 Å². The standard InChI is InChI=1S/C21H25NO/c1-3-10-18-20(23)15-19(16-11-6-4-7-12-16)22(2)21(18)17-13-8-5-9-14-17/h4-9,11-14,18-19,21H,3,10,15H2,1-2H3/p+1/t18-,19+,21+/m1/s1. The molecule has 1 aliphatic heterocycles. The topological polar surface area (TPSA) is 21.5 Å². The molecule has 0 aliphatic carbocycles. The van der Waals surface area contributed by atoms with Gasteiger partial charge in [0.05, 0.1) is 19.4 Å². The van der Waals surface area contributed by atoms with Crippen LogP contribution in [0.15, 0.2) is 60.7 Å². The Labute approximate surface area is 139 Å². The Morgan fingerprint density at radius 2 is 1.52 bits per heavy atom. The lowest BCUT2D eigenvalue weighted by molar-refractivity contribution is -0.949. The van der Waals surface area contributed by atoms with Crippen molar-refractivity contribution in [2.45, 2.75) is 38.3 Å². The SMILES string of the molecule is CCC[C@@H]1C(=O)C[C@@H](c2ccccc2)[NH+](C)[C@H]1c1ccccc1. The maximum Gasteiger partial charge on any atom is 0.148 e. The molecule has 2 aromatic rings. The predicted molar refractivity (Wildman–Crippen MR) is 93.3 cm³/mol. The Balaban J connectivity index is 1.98. The van der Waals surface area contributed by atoms with Crippen molar-refractivity contribution in [3.05, 3.63) is 71.8 Å². The second kappa shape index (κ2) is 7.10. The van der Waals surface area contributed by atoms with E-state index in [0.29, 0.717) is 12.2 Å². The van der Waals surface area contributed by atoms with E-state index in [1.807, 2.05) is 12.1 Å². The minimum atomic E-state index is 0.141. The highest BCUT2D eigenvalue weighted by Crippen LogP contribution is 2.33. The van der Waals surface area contributed by atoms with Crippen molar-refractivity contribution in [2.75, 3.05) is 7.05 Å². The number of benzene rings is 2. The van der Waals surface area contributed by atoms with E-state index in [9.17, 15) is 4.79 Å². The van der Waals surface area contributed by atoms with Crippen molar-refractivity contribution in [2.24, 2.45) is 5.92 Å². The van der Waals surface area contributed by atoms with Crippen LogP contribution in [0.1, 0.15) is 49.4 Å². The van der Waals surface area contributed by atoms with Crippen LogP contribution in [0.25, 0.3) is 0 Å². The largest absolute Gasteiger partial charge is 0.324 e. The average Bonchev–Trinajstić information content (AvgIpc) is 2.60. The number of carbonyl (C=O) groups is 1. The fourth-order valence-electron chi connectivity index (χ4n) is 4.09. The van der Waals surface area contributed by atoms with Gasteiger partial charge in [0.2, 0.25) is 0 Å². The highest BCUT2D eigenvalue weighted by atomic mass is 16.1. The third-order valence-electron chi connectivity index (χ3n) is 5.22. The Bertz CT molecular complexity index is 637. The van der Waals surface area contributed by atoms with Gasteiger partial charge in [0.25, 0.3) is 0 Å². The summed E-state index contributed by atoms with van der Waals surface area (Å²) in [7, 11) is 2.25. The second-order valence-corrected chi connectivity index (χ2v) is 6.66. The maximum atomic E-state index is 12.9. The number of piperidine rings is 1. The van der Waals surface area contributed by atoms with Gasteiger partial charge in [-0.05, 0) is 6.42 Å². The number of nitrogens with one attached hydrogen (secondary N) is 1. The van der Waals surface area contributed by atoms with E-state index in [0.717, 1.165) is 12.8 Å². The van der Waals surface area contributed by atoms with Crippen molar-refractivity contribution in [3.63, 3.8) is 0 Å². The van der Waals surface area contributed by atoms with Crippen LogP contribution >= 0.6 is 0 Å². The van der Waals surface area contributed by atoms with Crippen molar-refractivity contribution in [3.8, 4) is 0 Å². The molecule has 1 fully saturated rings. The van der Waals surface area contributed by atoms with Gasteiger partial charge in [0.1, 0.15) is 17.9 Å². The number of rotatable bonds is 4. The van der Waals surface area contributed by atoms with Gasteiger partial charge in [-0.25, -0.2) is 0 Å². The summed E-state index contributed by atoms with van der Waals surface area (Å²) >= 11 is 0. The Hall–Kier alpha value is -1.93. The number of hydrogen-bond acceptors (Lipinski definition) is 1. The Morgan fingerprint density at radius 1 is 0.957 bits per heavy atom. The minimum absolute atomic E-state index is 0.141. The van der Waals surface area contributed by atoms with Gasteiger partial charge in [-0.3, -0.25) is 4.79 Å². The Morgan fingerprint density at radius 3 is 2.09 bits per heavy atom. The maximum absolute atomic E-state index is 12.9. The number of ketones is 1. The first-order chi connectivity index (χ1) is 11.2. The van der Waals surface area contributed by atoms with Crippen molar-refractivity contribution in [1.82, 2.24) is 0 Å². The predicted octanol–water partition coefficient (Wildman–Crippen LogP) is 3.37. The van der Waals surface area contributed by atoms with Crippen LogP contribution in [0.3, 0.4) is 0 Å². The van der Waals surface area contributed by atoms with Crippen LogP contribution < -0.4 is 4.90 Å². The average molecular weight is 308 g/mol. The summed E-state index contributed by atoms with van der Waals surface area (Å²) in [6.07, 6.45) is 2.70. The summed E-state index contributed by atoms with van der Waals surface area (Å²) in [4.78, 5) is 14.3. The zero-order valence-corrected chi connectivity index (χ0v) is 14.0. The van der Waals surface area contributed by atoms with Gasteiger partial charge in [0.15, 0.2) is 0 Å². The van der Waals surface area contributed by atoms with Crippen LogP contribution in [0.4, 0.5) is 0 Å². The van der Waals surface area contributed by atoms with Gasteiger partial charge in [-0.2, -0.15) is 0 Å². The molecule has 1 saturated heterocycles. The minimum Gasteiger partial charge on any atom is -0.324 e.